The third kappa shape index (κ3) is 5.75. The van der Waals surface area contributed by atoms with Gasteiger partial charge in [-0.05, 0) is 55.3 Å². The molecule has 27 heavy (non-hydrogen) atoms. The number of pyridine rings is 1. The van der Waals surface area contributed by atoms with Crippen LogP contribution in [0.5, 0.6) is 0 Å². The molecule has 8 nitrogen and oxygen atoms in total. The first kappa shape index (κ1) is 20.8. The van der Waals surface area contributed by atoms with Crippen LogP contribution in [0.25, 0.3) is 5.82 Å². The number of nitrogens with one attached hydrogen (secondary N) is 1. The first-order valence-corrected chi connectivity index (χ1v) is 8.90. The van der Waals surface area contributed by atoms with E-state index in [1.165, 1.54) is 10.9 Å². The third-order valence-corrected chi connectivity index (χ3v) is 3.79. The minimum absolute atomic E-state index is 0.0897. The van der Waals surface area contributed by atoms with Crippen molar-refractivity contribution in [1.29, 1.82) is 0 Å². The van der Waals surface area contributed by atoms with Gasteiger partial charge in [-0.2, -0.15) is 5.10 Å². The minimum Gasteiger partial charge on any atom is -0.445 e. The van der Waals surface area contributed by atoms with Gasteiger partial charge in [0.15, 0.2) is 0 Å². The largest absolute Gasteiger partial charge is 0.445 e. The Morgan fingerprint density at radius 3 is 2.74 bits per heavy atom. The molecule has 0 aliphatic heterocycles. The zero-order chi connectivity index (χ0) is 20.2. The smallest absolute Gasteiger partial charge is 0.407 e. The summed E-state index contributed by atoms with van der Waals surface area (Å²) < 4.78 is 21.3. The van der Waals surface area contributed by atoms with E-state index in [2.05, 4.69) is 31.3 Å². The molecule has 0 saturated carbocycles. The average molecular weight is 442 g/mol. The van der Waals surface area contributed by atoms with E-state index < -0.39 is 17.3 Å². The number of carbonyl (C=O) groups is 1. The van der Waals surface area contributed by atoms with Crippen LogP contribution >= 0.6 is 15.9 Å². The number of ether oxygens (including phenoxy) is 1. The summed E-state index contributed by atoms with van der Waals surface area (Å²) in [4.78, 5) is 28.4. The van der Waals surface area contributed by atoms with Gasteiger partial charge in [0.2, 0.25) is 0 Å². The van der Waals surface area contributed by atoms with Crippen LogP contribution in [0.4, 0.5) is 9.18 Å². The van der Waals surface area contributed by atoms with Crippen molar-refractivity contribution in [2.75, 3.05) is 6.61 Å². The zero-order valence-corrected chi connectivity index (χ0v) is 17.1. The van der Waals surface area contributed by atoms with E-state index >= 15 is 0 Å². The molecule has 2 rings (SSSR count). The third-order valence-electron chi connectivity index (χ3n) is 3.35. The predicted octanol–water partition coefficient (Wildman–Crippen LogP) is 2.88. The van der Waals surface area contributed by atoms with Crippen molar-refractivity contribution in [3.63, 3.8) is 0 Å². The lowest BCUT2D eigenvalue weighted by atomic mass is 10.1. The first-order valence-electron chi connectivity index (χ1n) is 8.11. The van der Waals surface area contributed by atoms with Crippen molar-refractivity contribution in [2.24, 2.45) is 0 Å². The molecule has 0 aromatic carbocycles. The highest BCUT2D eigenvalue weighted by Crippen LogP contribution is 2.15. The molecule has 2 aromatic heterocycles. The lowest BCUT2D eigenvalue weighted by molar-refractivity contribution is 0.145. The van der Waals surface area contributed by atoms with E-state index in [1.54, 1.807) is 27.0 Å². The van der Waals surface area contributed by atoms with Crippen LogP contribution in [0.15, 0.2) is 39.8 Å². The van der Waals surface area contributed by atoms with E-state index in [0.29, 0.717) is 12.1 Å². The lowest BCUT2D eigenvalue weighted by Crippen LogP contribution is -2.41. The molecule has 0 aliphatic carbocycles. The van der Waals surface area contributed by atoms with Gasteiger partial charge in [0, 0.05) is 21.8 Å². The summed E-state index contributed by atoms with van der Waals surface area (Å²) in [6, 6.07) is 1.82. The number of aryl methyl sites for hydroxylation is 1. The number of amides is 1. The van der Waals surface area contributed by atoms with E-state index in [-0.39, 0.29) is 18.7 Å². The number of hydrogen-bond donors (Lipinski definition) is 1. The van der Waals surface area contributed by atoms with E-state index in [9.17, 15) is 14.0 Å². The van der Waals surface area contributed by atoms with Crippen LogP contribution < -0.4 is 11.0 Å². The number of halogens is 2. The molecule has 0 unspecified atom stereocenters. The molecule has 2 heterocycles. The Balaban J connectivity index is 2.10. The van der Waals surface area contributed by atoms with Crippen LogP contribution in [0.2, 0.25) is 0 Å². The number of aromatic nitrogens is 4. The summed E-state index contributed by atoms with van der Waals surface area (Å²) in [6.07, 6.45) is 2.52. The topological polar surface area (TPSA) is 91.0 Å². The first-order chi connectivity index (χ1) is 12.6. The molecule has 1 N–H and O–H groups in total. The molecule has 0 bridgehead atoms. The maximum absolute atomic E-state index is 13.2. The zero-order valence-electron chi connectivity index (χ0n) is 15.5. The summed E-state index contributed by atoms with van der Waals surface area (Å²) >= 11 is 3.32. The number of rotatable bonds is 5. The summed E-state index contributed by atoms with van der Waals surface area (Å²) in [6.45, 7) is 6.75. The van der Waals surface area contributed by atoms with Gasteiger partial charge in [0.1, 0.15) is 18.8 Å². The molecule has 0 radical (unpaired) electrons. The SMILES string of the molecule is Cc1cc(Br)cnc1-n1cnn(C/C(=C\F)COC(=O)NC(C)(C)C)c1=O. The molecule has 0 atom stereocenters. The van der Waals surface area contributed by atoms with Crippen molar-refractivity contribution >= 4 is 22.0 Å². The van der Waals surface area contributed by atoms with E-state index in [4.69, 9.17) is 4.74 Å². The van der Waals surface area contributed by atoms with Gasteiger partial charge in [-0.3, -0.25) is 0 Å². The molecule has 1 amide bonds. The fourth-order valence-electron chi connectivity index (χ4n) is 2.18. The van der Waals surface area contributed by atoms with E-state index in [1.807, 2.05) is 13.0 Å². The number of alkyl carbamates (subject to hydrolysis) is 1. The fourth-order valence-corrected chi connectivity index (χ4v) is 2.63. The van der Waals surface area contributed by atoms with Crippen molar-refractivity contribution in [2.45, 2.75) is 39.8 Å². The molecular formula is C17H21BrFN5O3. The Bertz CT molecular complexity index is 914. The number of nitrogens with zero attached hydrogens (tertiary/aromatic N) is 4. The highest BCUT2D eigenvalue weighted by atomic mass is 79.9. The standard InChI is InChI=1S/C17H21BrFN5O3/c1-11-5-13(18)7-20-14(11)23-10-21-24(16(23)26)8-12(6-19)9-27-15(25)22-17(2,3)4/h5-7,10H,8-9H2,1-4H3,(H,22,25)/b12-6+. The van der Waals surface area contributed by atoms with Gasteiger partial charge in [-0.25, -0.2) is 28.2 Å². The predicted molar refractivity (Wildman–Crippen MR) is 101 cm³/mol. The van der Waals surface area contributed by atoms with Gasteiger partial charge >= 0.3 is 11.8 Å². The molecule has 2 aromatic rings. The van der Waals surface area contributed by atoms with Gasteiger partial charge in [-0.15, -0.1) is 0 Å². The monoisotopic (exact) mass is 441 g/mol. The molecule has 0 aliphatic rings. The Hall–Kier alpha value is -2.49. The van der Waals surface area contributed by atoms with Crippen molar-refractivity contribution < 1.29 is 13.9 Å². The number of hydrogen-bond acceptors (Lipinski definition) is 5. The Labute approximate surface area is 164 Å². The van der Waals surface area contributed by atoms with Gasteiger partial charge in [0.25, 0.3) is 0 Å². The van der Waals surface area contributed by atoms with Crippen molar-refractivity contribution in [3.05, 3.63) is 51.0 Å². The average Bonchev–Trinajstić information content (AvgIpc) is 2.90. The summed E-state index contributed by atoms with van der Waals surface area (Å²) in [5.41, 5.74) is -0.0881. The summed E-state index contributed by atoms with van der Waals surface area (Å²) in [5, 5.41) is 6.58. The Morgan fingerprint density at radius 1 is 1.44 bits per heavy atom. The van der Waals surface area contributed by atoms with Gasteiger partial charge in [0.05, 0.1) is 12.9 Å². The van der Waals surface area contributed by atoms with Gasteiger partial charge < -0.3 is 10.1 Å². The maximum atomic E-state index is 13.2. The molecule has 0 saturated heterocycles. The second kappa shape index (κ2) is 8.47. The number of carbonyl (C=O) groups excluding carboxylic acids is 1. The molecule has 0 fully saturated rings. The van der Waals surface area contributed by atoms with Crippen LogP contribution in [0.1, 0.15) is 26.3 Å². The highest BCUT2D eigenvalue weighted by Gasteiger charge is 2.16. The van der Waals surface area contributed by atoms with Crippen molar-refractivity contribution in [1.82, 2.24) is 24.6 Å². The van der Waals surface area contributed by atoms with Gasteiger partial charge in [-0.1, -0.05) is 0 Å². The second-order valence-electron chi connectivity index (χ2n) is 6.95. The van der Waals surface area contributed by atoms with Crippen LogP contribution in [-0.4, -0.2) is 37.6 Å². The minimum atomic E-state index is -0.672. The summed E-state index contributed by atoms with van der Waals surface area (Å²) in [5.74, 6) is 0.432. The molecule has 10 heteroatoms. The second-order valence-corrected chi connectivity index (χ2v) is 7.87. The van der Waals surface area contributed by atoms with Crippen LogP contribution in [-0.2, 0) is 11.3 Å². The maximum Gasteiger partial charge on any atom is 0.407 e. The van der Waals surface area contributed by atoms with Crippen LogP contribution in [0.3, 0.4) is 0 Å². The van der Waals surface area contributed by atoms with Crippen molar-refractivity contribution in [3.8, 4) is 5.82 Å². The normalized spacial score (nSPS) is 12.1. The Kier molecular flexibility index (Phi) is 6.53. The highest BCUT2D eigenvalue weighted by molar-refractivity contribution is 9.10. The summed E-state index contributed by atoms with van der Waals surface area (Å²) in [7, 11) is 0. The molecular weight excluding hydrogens is 421 g/mol. The molecule has 146 valence electrons. The quantitative estimate of drug-likeness (QED) is 0.769. The molecule has 0 spiro atoms. The lowest BCUT2D eigenvalue weighted by Gasteiger charge is -2.20. The van der Waals surface area contributed by atoms with Crippen LogP contribution in [0, 0.1) is 6.92 Å². The van der Waals surface area contributed by atoms with E-state index in [0.717, 1.165) is 14.7 Å². The fraction of sp³-hybridized carbons (Fsp3) is 0.412. The Morgan fingerprint density at radius 2 is 2.15 bits per heavy atom.